The van der Waals surface area contributed by atoms with Gasteiger partial charge >= 0.3 is 11.7 Å². The number of nitrogens with zero attached hydrogens (tertiary/aromatic N) is 2. The highest BCUT2D eigenvalue weighted by molar-refractivity contribution is 7.89. The quantitative estimate of drug-likeness (QED) is 0.222. The Labute approximate surface area is 162 Å². The lowest BCUT2D eigenvalue weighted by atomic mass is 10.1. The number of ketones is 1. The van der Waals surface area contributed by atoms with Crippen molar-refractivity contribution >= 4 is 27.5 Å². The number of Topliss-reactive ketones (excluding diaryl/α,β-unsaturated/α-hetero) is 1. The van der Waals surface area contributed by atoms with Crippen LogP contribution in [-0.4, -0.2) is 37.3 Å². The second-order valence-electron chi connectivity index (χ2n) is 5.80. The summed E-state index contributed by atoms with van der Waals surface area (Å²) in [5.41, 5.74) is 9.04. The summed E-state index contributed by atoms with van der Waals surface area (Å²) < 4.78 is 37.6. The summed E-state index contributed by atoms with van der Waals surface area (Å²) in [6.45, 7) is 3.32. The Morgan fingerprint density at radius 1 is 1.25 bits per heavy atom. The van der Waals surface area contributed by atoms with Crippen molar-refractivity contribution in [2.75, 3.05) is 6.61 Å². The van der Waals surface area contributed by atoms with Crippen molar-refractivity contribution in [2.45, 2.75) is 31.2 Å². The number of hydrogen-bond acceptors (Lipinski definition) is 6. The van der Waals surface area contributed by atoms with Gasteiger partial charge < -0.3 is 14.7 Å². The lowest BCUT2D eigenvalue weighted by Gasteiger charge is -2.15. The number of furan rings is 1. The largest absolute Gasteiger partial charge is 0.468 e. The molecule has 1 N–H and O–H groups in total. The van der Waals surface area contributed by atoms with Crippen LogP contribution in [0.2, 0.25) is 0 Å². The number of carbonyl (C=O) groups excluding carboxylic acids is 2. The minimum Gasteiger partial charge on any atom is -0.468 e. The van der Waals surface area contributed by atoms with E-state index in [0.717, 1.165) is 5.56 Å². The second-order valence-corrected chi connectivity index (χ2v) is 7.51. The molecule has 148 valence electrons. The number of hydrogen-bond donors (Lipinski definition) is 1. The second kappa shape index (κ2) is 9.23. The van der Waals surface area contributed by atoms with Crippen LogP contribution in [0.5, 0.6) is 0 Å². The standard InChI is InChI=1S/C18H19N3O6S/c1-3-26-18(23)17(20-19)15(22)11-14(16-5-4-10-27-16)21-28(24,25)13-8-6-12(2)7-9-13/h4-10,14,21H,3,11H2,1-2H3. The first-order chi connectivity index (χ1) is 13.3. The van der Waals surface area contributed by atoms with Crippen LogP contribution < -0.4 is 4.72 Å². The predicted octanol–water partition coefficient (Wildman–Crippen LogP) is 1.80. The molecule has 0 spiro atoms. The molecular weight excluding hydrogens is 386 g/mol. The Hall–Kier alpha value is -3.07. The molecule has 1 heterocycles. The summed E-state index contributed by atoms with van der Waals surface area (Å²) >= 11 is 0. The fourth-order valence-electron chi connectivity index (χ4n) is 2.35. The van der Waals surface area contributed by atoms with E-state index in [1.165, 1.54) is 37.5 Å². The highest BCUT2D eigenvalue weighted by atomic mass is 32.2. The van der Waals surface area contributed by atoms with Gasteiger partial charge in [0.2, 0.25) is 10.0 Å². The van der Waals surface area contributed by atoms with Crippen molar-refractivity contribution < 1.29 is 32.0 Å². The van der Waals surface area contributed by atoms with Gasteiger partial charge in [0, 0.05) is 6.42 Å². The first-order valence-electron chi connectivity index (χ1n) is 8.33. The van der Waals surface area contributed by atoms with Gasteiger partial charge in [-0.3, -0.25) is 4.79 Å². The summed E-state index contributed by atoms with van der Waals surface area (Å²) in [5.74, 6) is -1.85. The van der Waals surface area contributed by atoms with E-state index in [1.54, 1.807) is 12.1 Å². The molecule has 1 unspecified atom stereocenters. The van der Waals surface area contributed by atoms with Crippen molar-refractivity contribution in [2.24, 2.45) is 0 Å². The first kappa shape index (κ1) is 21.2. The highest BCUT2D eigenvalue weighted by Crippen LogP contribution is 2.22. The fourth-order valence-corrected chi connectivity index (χ4v) is 3.56. The Morgan fingerprint density at radius 2 is 1.93 bits per heavy atom. The maximum atomic E-state index is 12.7. The number of benzene rings is 1. The molecule has 9 nitrogen and oxygen atoms in total. The van der Waals surface area contributed by atoms with Gasteiger partial charge in [0.15, 0.2) is 0 Å². The molecule has 10 heteroatoms. The zero-order valence-corrected chi connectivity index (χ0v) is 16.1. The minimum atomic E-state index is -3.99. The van der Waals surface area contributed by atoms with Gasteiger partial charge in [-0.05, 0) is 38.1 Å². The Balaban J connectivity index is 2.28. The van der Waals surface area contributed by atoms with Crippen LogP contribution in [-0.2, 0) is 24.3 Å². The maximum Gasteiger partial charge on any atom is 0.441 e. The van der Waals surface area contributed by atoms with Gasteiger partial charge in [0.25, 0.3) is 5.78 Å². The van der Waals surface area contributed by atoms with Gasteiger partial charge in [-0.25, -0.2) is 13.2 Å². The summed E-state index contributed by atoms with van der Waals surface area (Å²) in [4.78, 5) is 26.8. The summed E-state index contributed by atoms with van der Waals surface area (Å²) in [6.07, 6.45) is 0.802. The van der Waals surface area contributed by atoms with Crippen LogP contribution in [0.4, 0.5) is 0 Å². The highest BCUT2D eigenvalue weighted by Gasteiger charge is 2.35. The zero-order chi connectivity index (χ0) is 20.7. The first-order valence-corrected chi connectivity index (χ1v) is 9.81. The molecular formula is C18H19N3O6S. The van der Waals surface area contributed by atoms with Crippen LogP contribution in [0, 0.1) is 6.92 Å². The molecule has 0 amide bonds. The van der Waals surface area contributed by atoms with Crippen molar-refractivity contribution in [3.05, 3.63) is 59.5 Å². The minimum absolute atomic E-state index is 0.00328. The van der Waals surface area contributed by atoms with E-state index in [2.05, 4.69) is 14.2 Å². The molecule has 1 atom stereocenters. The molecule has 0 saturated heterocycles. The van der Waals surface area contributed by atoms with Gasteiger partial charge in [-0.1, -0.05) is 17.7 Å². The van der Waals surface area contributed by atoms with Crippen LogP contribution in [0.15, 0.2) is 52.0 Å². The van der Waals surface area contributed by atoms with E-state index < -0.39 is 40.0 Å². The van der Waals surface area contributed by atoms with E-state index in [1.807, 2.05) is 6.92 Å². The van der Waals surface area contributed by atoms with E-state index in [4.69, 9.17) is 9.95 Å². The molecule has 2 aromatic rings. The molecule has 0 radical (unpaired) electrons. The Morgan fingerprint density at radius 3 is 2.46 bits per heavy atom. The summed E-state index contributed by atoms with van der Waals surface area (Å²) in [5, 5.41) is 0. The molecule has 28 heavy (non-hydrogen) atoms. The lowest BCUT2D eigenvalue weighted by Crippen LogP contribution is -2.34. The number of sulfonamides is 1. The van der Waals surface area contributed by atoms with E-state index in [-0.39, 0.29) is 17.3 Å². The van der Waals surface area contributed by atoms with Gasteiger partial charge in [0.1, 0.15) is 5.76 Å². The lowest BCUT2D eigenvalue weighted by molar-refractivity contribution is -0.141. The number of carbonyl (C=O) groups is 2. The molecule has 0 aliphatic heterocycles. The average Bonchev–Trinajstić information content (AvgIpc) is 3.17. The number of esters is 1. The fraction of sp³-hybridized carbons (Fsp3) is 0.278. The van der Waals surface area contributed by atoms with Gasteiger partial charge in [-0.2, -0.15) is 9.51 Å². The monoisotopic (exact) mass is 405 g/mol. The number of rotatable bonds is 9. The summed E-state index contributed by atoms with van der Waals surface area (Å²) in [6, 6.07) is 8.02. The molecule has 0 fully saturated rings. The molecule has 1 aromatic heterocycles. The normalized spacial score (nSPS) is 12.1. The van der Waals surface area contributed by atoms with Crippen molar-refractivity contribution in [3.63, 3.8) is 0 Å². The third-order valence-corrected chi connectivity index (χ3v) is 5.23. The van der Waals surface area contributed by atoms with Crippen molar-refractivity contribution in [1.82, 2.24) is 4.72 Å². The van der Waals surface area contributed by atoms with Crippen molar-refractivity contribution in [1.29, 1.82) is 0 Å². The maximum absolute atomic E-state index is 12.7. The third-order valence-electron chi connectivity index (χ3n) is 3.74. The Bertz CT molecular complexity index is 990. The number of nitrogens with one attached hydrogen (secondary N) is 1. The summed E-state index contributed by atoms with van der Waals surface area (Å²) in [7, 11) is -3.99. The molecule has 0 aliphatic carbocycles. The van der Waals surface area contributed by atoms with E-state index >= 15 is 0 Å². The number of ether oxygens (including phenoxy) is 1. The molecule has 0 aliphatic rings. The van der Waals surface area contributed by atoms with E-state index in [0.29, 0.717) is 0 Å². The Kier molecular flexibility index (Phi) is 7.00. The molecule has 1 aromatic carbocycles. The third kappa shape index (κ3) is 5.23. The molecule has 0 saturated carbocycles. The number of aryl methyl sites for hydroxylation is 1. The smallest absolute Gasteiger partial charge is 0.441 e. The zero-order valence-electron chi connectivity index (χ0n) is 15.3. The van der Waals surface area contributed by atoms with Gasteiger partial charge in [-0.15, -0.1) is 0 Å². The van der Waals surface area contributed by atoms with Gasteiger partial charge in [0.05, 0.1) is 23.8 Å². The average molecular weight is 405 g/mol. The van der Waals surface area contributed by atoms with Crippen molar-refractivity contribution in [3.8, 4) is 0 Å². The molecule has 0 bridgehead atoms. The topological polar surface area (TPSA) is 139 Å². The predicted molar refractivity (Wildman–Crippen MR) is 97.8 cm³/mol. The van der Waals surface area contributed by atoms with Crippen LogP contribution >= 0.6 is 0 Å². The van der Waals surface area contributed by atoms with E-state index in [9.17, 15) is 18.0 Å². The van der Waals surface area contributed by atoms with Crippen LogP contribution in [0.25, 0.3) is 5.53 Å². The van der Waals surface area contributed by atoms with Crippen LogP contribution in [0.3, 0.4) is 0 Å². The SMILES string of the molecule is CCOC(=O)C(=[N+]=[N-])C(=O)CC(NS(=O)(=O)c1ccc(C)cc1)c1ccco1. The van der Waals surface area contributed by atoms with Crippen LogP contribution in [0.1, 0.15) is 30.7 Å². The molecule has 2 rings (SSSR count).